The summed E-state index contributed by atoms with van der Waals surface area (Å²) < 4.78 is 7.24. The van der Waals surface area contributed by atoms with Crippen LogP contribution in [0.25, 0.3) is 11.1 Å². The molecule has 2 N–H and O–H groups in total. The Morgan fingerprint density at radius 2 is 1.60 bits per heavy atom. The van der Waals surface area contributed by atoms with E-state index in [0.29, 0.717) is 5.56 Å². The average Bonchev–Trinajstić information content (AvgIpc) is 3.54. The quantitative estimate of drug-likeness (QED) is 0.307. The van der Waals surface area contributed by atoms with E-state index in [4.69, 9.17) is 4.74 Å². The van der Waals surface area contributed by atoms with Crippen molar-refractivity contribution in [3.05, 3.63) is 114 Å². The molecule has 9 heteroatoms. The standard InChI is InChI=1S/C31H30N4O5/c1-34-19-22(17-32-34)29(30(38)35(16-15-28(36)37)18-21-9-3-2-4-10-21)33-31(39)40-20-27-25-13-7-5-11-23(25)24-12-6-8-14-26(24)27/h2-14,17,19,27,29H,15-16,18,20H2,1H3,(H,33,39)(H,36,37). The summed E-state index contributed by atoms with van der Waals surface area (Å²) in [5, 5.41) is 16.2. The summed E-state index contributed by atoms with van der Waals surface area (Å²) in [6.45, 7) is 0.267. The number of carboxylic acids is 1. The van der Waals surface area contributed by atoms with Crippen molar-refractivity contribution in [1.29, 1.82) is 0 Å². The molecular weight excluding hydrogens is 508 g/mol. The van der Waals surface area contributed by atoms with Crippen molar-refractivity contribution < 1.29 is 24.2 Å². The van der Waals surface area contributed by atoms with Crippen LogP contribution in [0.5, 0.6) is 0 Å². The summed E-state index contributed by atoms with van der Waals surface area (Å²) in [6.07, 6.45) is 2.17. The Morgan fingerprint density at radius 1 is 0.975 bits per heavy atom. The van der Waals surface area contributed by atoms with Gasteiger partial charge in [0.05, 0.1) is 12.6 Å². The summed E-state index contributed by atoms with van der Waals surface area (Å²) >= 11 is 0. The van der Waals surface area contributed by atoms with Gasteiger partial charge in [-0.05, 0) is 27.8 Å². The lowest BCUT2D eigenvalue weighted by atomic mass is 9.98. The first-order valence-electron chi connectivity index (χ1n) is 13.0. The average molecular weight is 539 g/mol. The Hall–Kier alpha value is -4.92. The molecule has 0 bridgehead atoms. The third-order valence-electron chi connectivity index (χ3n) is 7.03. The van der Waals surface area contributed by atoms with Crippen LogP contribution in [0.4, 0.5) is 4.79 Å². The molecule has 3 aromatic carbocycles. The van der Waals surface area contributed by atoms with Crippen LogP contribution in [-0.2, 0) is 27.9 Å². The van der Waals surface area contributed by atoms with Gasteiger partial charge in [0.25, 0.3) is 0 Å². The molecule has 0 saturated heterocycles. The Balaban J connectivity index is 1.34. The van der Waals surface area contributed by atoms with Gasteiger partial charge in [-0.2, -0.15) is 5.10 Å². The summed E-state index contributed by atoms with van der Waals surface area (Å²) in [4.78, 5) is 39.7. The fourth-order valence-corrected chi connectivity index (χ4v) is 5.12. The van der Waals surface area contributed by atoms with Gasteiger partial charge in [0, 0.05) is 37.8 Å². The van der Waals surface area contributed by atoms with E-state index in [9.17, 15) is 19.5 Å². The van der Waals surface area contributed by atoms with Gasteiger partial charge in [0.15, 0.2) is 0 Å². The number of benzene rings is 3. The zero-order valence-corrected chi connectivity index (χ0v) is 22.1. The van der Waals surface area contributed by atoms with Gasteiger partial charge in [-0.25, -0.2) is 4.79 Å². The van der Waals surface area contributed by atoms with Crippen LogP contribution in [-0.4, -0.2) is 50.9 Å². The second-order valence-electron chi connectivity index (χ2n) is 9.74. The van der Waals surface area contributed by atoms with Crippen molar-refractivity contribution in [2.45, 2.75) is 24.9 Å². The predicted octanol–water partition coefficient (Wildman–Crippen LogP) is 4.50. The van der Waals surface area contributed by atoms with E-state index in [-0.39, 0.29) is 32.0 Å². The van der Waals surface area contributed by atoms with Gasteiger partial charge in [-0.1, -0.05) is 78.9 Å². The van der Waals surface area contributed by atoms with Crippen molar-refractivity contribution in [2.75, 3.05) is 13.2 Å². The normalized spacial score (nSPS) is 12.7. The number of aryl methyl sites for hydroxylation is 1. The third kappa shape index (κ3) is 5.88. The van der Waals surface area contributed by atoms with Crippen LogP contribution in [0.1, 0.15) is 40.6 Å². The highest BCUT2D eigenvalue weighted by Gasteiger charge is 2.32. The summed E-state index contributed by atoms with van der Waals surface area (Å²) in [7, 11) is 1.71. The number of carboxylic acid groups (broad SMARTS) is 1. The molecule has 1 aliphatic carbocycles. The molecule has 1 aromatic heterocycles. The van der Waals surface area contributed by atoms with Crippen molar-refractivity contribution >= 4 is 18.0 Å². The number of aromatic nitrogens is 2. The maximum atomic E-state index is 13.8. The van der Waals surface area contributed by atoms with Crippen molar-refractivity contribution in [1.82, 2.24) is 20.0 Å². The number of rotatable bonds is 10. The molecule has 1 atom stereocenters. The van der Waals surface area contributed by atoms with E-state index >= 15 is 0 Å². The highest BCUT2D eigenvalue weighted by molar-refractivity contribution is 5.87. The lowest BCUT2D eigenvalue weighted by Gasteiger charge is -2.27. The molecule has 4 aromatic rings. The molecule has 0 fully saturated rings. The van der Waals surface area contributed by atoms with E-state index < -0.39 is 24.0 Å². The zero-order chi connectivity index (χ0) is 28.1. The number of alkyl carbamates (subject to hydrolysis) is 1. The van der Waals surface area contributed by atoms with E-state index in [1.807, 2.05) is 66.7 Å². The van der Waals surface area contributed by atoms with Gasteiger partial charge >= 0.3 is 12.1 Å². The number of aliphatic carboxylic acids is 1. The number of hydrogen-bond donors (Lipinski definition) is 2. The Kier molecular flexibility index (Phi) is 7.91. The van der Waals surface area contributed by atoms with E-state index in [1.165, 1.54) is 15.8 Å². The Labute approximate surface area is 232 Å². The van der Waals surface area contributed by atoms with E-state index in [1.54, 1.807) is 13.2 Å². The molecule has 5 rings (SSSR count). The van der Waals surface area contributed by atoms with Crippen molar-refractivity contribution in [2.24, 2.45) is 7.05 Å². The predicted molar refractivity (Wildman–Crippen MR) is 148 cm³/mol. The van der Waals surface area contributed by atoms with E-state index in [0.717, 1.165) is 27.8 Å². The zero-order valence-electron chi connectivity index (χ0n) is 22.1. The minimum absolute atomic E-state index is 0.0216. The summed E-state index contributed by atoms with van der Waals surface area (Å²) in [6, 6.07) is 24.3. The minimum Gasteiger partial charge on any atom is -0.481 e. The number of amides is 2. The summed E-state index contributed by atoms with van der Waals surface area (Å²) in [5.74, 6) is -1.60. The molecular formula is C31H30N4O5. The molecule has 1 aliphatic rings. The number of hydrogen-bond acceptors (Lipinski definition) is 5. The highest BCUT2D eigenvalue weighted by Crippen LogP contribution is 2.44. The van der Waals surface area contributed by atoms with Crippen molar-refractivity contribution in [3.8, 4) is 11.1 Å². The lowest BCUT2D eigenvalue weighted by Crippen LogP contribution is -2.43. The smallest absolute Gasteiger partial charge is 0.408 e. The van der Waals surface area contributed by atoms with Crippen LogP contribution in [0, 0.1) is 0 Å². The number of carbonyl (C=O) groups excluding carboxylic acids is 2. The fourth-order valence-electron chi connectivity index (χ4n) is 5.12. The minimum atomic E-state index is -1.11. The van der Waals surface area contributed by atoms with Crippen molar-refractivity contribution in [3.63, 3.8) is 0 Å². The second kappa shape index (κ2) is 11.9. The van der Waals surface area contributed by atoms with Crippen LogP contribution in [0.2, 0.25) is 0 Å². The third-order valence-corrected chi connectivity index (χ3v) is 7.03. The van der Waals surface area contributed by atoms with Crippen LogP contribution in [0.3, 0.4) is 0 Å². The molecule has 9 nitrogen and oxygen atoms in total. The lowest BCUT2D eigenvalue weighted by molar-refractivity contribution is -0.139. The maximum Gasteiger partial charge on any atom is 0.408 e. The van der Waals surface area contributed by atoms with Gasteiger partial charge in [-0.15, -0.1) is 0 Å². The number of carbonyl (C=O) groups is 3. The van der Waals surface area contributed by atoms with Crippen LogP contribution in [0.15, 0.2) is 91.3 Å². The molecule has 0 radical (unpaired) electrons. The molecule has 0 aliphatic heterocycles. The van der Waals surface area contributed by atoms with Gasteiger partial charge < -0.3 is 20.1 Å². The number of nitrogens with zero attached hydrogens (tertiary/aromatic N) is 3. The molecule has 1 unspecified atom stereocenters. The first-order valence-corrected chi connectivity index (χ1v) is 13.0. The Bertz CT molecular complexity index is 1470. The first-order chi connectivity index (χ1) is 19.4. The molecule has 0 saturated carbocycles. The van der Waals surface area contributed by atoms with Crippen LogP contribution >= 0.6 is 0 Å². The Morgan fingerprint density at radius 3 is 2.20 bits per heavy atom. The monoisotopic (exact) mass is 538 g/mol. The van der Waals surface area contributed by atoms with Gasteiger partial charge in [0.1, 0.15) is 12.6 Å². The largest absolute Gasteiger partial charge is 0.481 e. The number of nitrogens with one attached hydrogen (secondary N) is 1. The molecule has 0 spiro atoms. The molecule has 1 heterocycles. The second-order valence-corrected chi connectivity index (χ2v) is 9.74. The highest BCUT2D eigenvalue weighted by atomic mass is 16.5. The fraction of sp³-hybridized carbons (Fsp3) is 0.226. The summed E-state index contributed by atoms with van der Waals surface area (Å²) in [5.41, 5.74) is 5.70. The molecule has 204 valence electrons. The maximum absolute atomic E-state index is 13.8. The topological polar surface area (TPSA) is 114 Å². The van der Waals surface area contributed by atoms with Crippen LogP contribution < -0.4 is 5.32 Å². The number of fused-ring (bicyclic) bond motifs is 3. The molecule has 40 heavy (non-hydrogen) atoms. The van der Waals surface area contributed by atoms with E-state index in [2.05, 4.69) is 22.5 Å². The number of ether oxygens (including phenoxy) is 1. The van der Waals surface area contributed by atoms with Gasteiger partial charge in [-0.3, -0.25) is 14.3 Å². The first kappa shape index (κ1) is 26.7. The van der Waals surface area contributed by atoms with Gasteiger partial charge in [0.2, 0.25) is 5.91 Å². The SMILES string of the molecule is Cn1cc(C(NC(=O)OCC2c3ccccc3-c3ccccc32)C(=O)N(CCC(=O)O)Cc2ccccc2)cn1. The molecule has 2 amide bonds.